The molecule has 0 aromatic carbocycles. The Labute approximate surface area is 39.9 Å². The zero-order chi connectivity index (χ0) is 5.33. The highest BCUT2D eigenvalue weighted by Gasteiger charge is 2.46. The molecule has 0 radical (unpaired) electrons. The van der Waals surface area contributed by atoms with Gasteiger partial charge in [0.2, 0.25) is 0 Å². The lowest BCUT2D eigenvalue weighted by Crippen LogP contribution is -2.07. The van der Waals surface area contributed by atoms with E-state index in [-0.39, 0.29) is 6.47 Å². The molecular formula is C3H4O4. The molecule has 1 fully saturated rings. The maximum absolute atomic E-state index is 9.48. The van der Waals surface area contributed by atoms with Crippen molar-refractivity contribution >= 4 is 6.47 Å². The predicted molar refractivity (Wildman–Crippen MR) is 17.7 cm³/mol. The van der Waals surface area contributed by atoms with Gasteiger partial charge in [-0.3, -0.25) is 4.79 Å². The van der Waals surface area contributed by atoms with Crippen LogP contribution in [0.2, 0.25) is 0 Å². The van der Waals surface area contributed by atoms with Crippen LogP contribution < -0.4 is 0 Å². The van der Waals surface area contributed by atoms with Crippen molar-refractivity contribution in [3.8, 4) is 0 Å². The Hall–Kier alpha value is -0.610. The monoisotopic (exact) mass is 104 g/mol. The average molecular weight is 104 g/mol. The van der Waals surface area contributed by atoms with E-state index in [0.717, 1.165) is 0 Å². The van der Waals surface area contributed by atoms with Crippen molar-refractivity contribution in [1.29, 1.82) is 0 Å². The highest BCUT2D eigenvalue weighted by Crippen LogP contribution is 2.28. The number of hydrogen-bond acceptors (Lipinski definition) is 4. The highest BCUT2D eigenvalue weighted by atomic mass is 17.4. The summed E-state index contributed by atoms with van der Waals surface area (Å²) in [6.45, 7) is 1.76. The number of ether oxygens (including phenoxy) is 1. The first-order valence-corrected chi connectivity index (χ1v) is 1.75. The molecule has 7 heavy (non-hydrogen) atoms. The van der Waals surface area contributed by atoms with Crippen LogP contribution in [0.5, 0.6) is 0 Å². The standard InChI is InChI=1S/C3H4O4/c1-3(5-2-4)6-7-3/h2H,1H3. The van der Waals surface area contributed by atoms with E-state index in [2.05, 4.69) is 14.5 Å². The molecule has 0 amide bonds. The molecule has 1 aliphatic rings. The summed E-state index contributed by atoms with van der Waals surface area (Å²) in [4.78, 5) is 17.8. The Balaban J connectivity index is 2.25. The van der Waals surface area contributed by atoms with Gasteiger partial charge in [-0.15, -0.1) is 0 Å². The average Bonchev–Trinajstić information content (AvgIpc) is 2.22. The summed E-state index contributed by atoms with van der Waals surface area (Å²) >= 11 is 0. The first-order valence-electron chi connectivity index (χ1n) is 1.75. The van der Waals surface area contributed by atoms with Crippen LogP contribution in [0.3, 0.4) is 0 Å². The van der Waals surface area contributed by atoms with Gasteiger partial charge in [0.15, 0.2) is 0 Å². The number of hydrogen-bond donors (Lipinski definition) is 0. The van der Waals surface area contributed by atoms with Crippen molar-refractivity contribution in [3.05, 3.63) is 0 Å². The van der Waals surface area contributed by atoms with Gasteiger partial charge in [0.25, 0.3) is 6.47 Å². The van der Waals surface area contributed by atoms with Crippen molar-refractivity contribution in [2.75, 3.05) is 0 Å². The van der Waals surface area contributed by atoms with Gasteiger partial charge in [-0.2, -0.15) is 9.78 Å². The van der Waals surface area contributed by atoms with E-state index in [1.54, 1.807) is 0 Å². The van der Waals surface area contributed by atoms with Crippen molar-refractivity contribution in [2.45, 2.75) is 12.9 Å². The fourth-order valence-corrected chi connectivity index (χ4v) is 0.185. The van der Waals surface area contributed by atoms with Crippen LogP contribution in [0.25, 0.3) is 0 Å². The number of carbonyl (C=O) groups excluding carboxylic acids is 1. The van der Waals surface area contributed by atoms with E-state index in [0.29, 0.717) is 0 Å². The first kappa shape index (κ1) is 4.55. The summed E-state index contributed by atoms with van der Waals surface area (Å²) < 4.78 is 4.22. The molecule has 1 saturated heterocycles. The lowest BCUT2D eigenvalue weighted by molar-refractivity contribution is -0.142. The second-order valence-corrected chi connectivity index (χ2v) is 1.24. The summed E-state index contributed by atoms with van der Waals surface area (Å²) in [5.74, 6) is -1.07. The van der Waals surface area contributed by atoms with Crippen LogP contribution >= 0.6 is 0 Å². The van der Waals surface area contributed by atoms with E-state index in [4.69, 9.17) is 0 Å². The zero-order valence-corrected chi connectivity index (χ0v) is 3.71. The third kappa shape index (κ3) is 0.880. The van der Waals surface area contributed by atoms with Crippen LogP contribution in [0.15, 0.2) is 0 Å². The van der Waals surface area contributed by atoms with E-state index in [1.807, 2.05) is 0 Å². The Morgan fingerprint density at radius 1 is 1.71 bits per heavy atom. The molecule has 0 atom stereocenters. The fraction of sp³-hybridized carbons (Fsp3) is 0.667. The third-order valence-corrected chi connectivity index (χ3v) is 0.580. The molecule has 0 bridgehead atoms. The van der Waals surface area contributed by atoms with Crippen molar-refractivity contribution in [2.24, 2.45) is 0 Å². The topological polar surface area (TPSA) is 51.4 Å². The van der Waals surface area contributed by atoms with E-state index < -0.39 is 5.97 Å². The van der Waals surface area contributed by atoms with Gasteiger partial charge in [0.05, 0.1) is 0 Å². The summed E-state index contributed by atoms with van der Waals surface area (Å²) in [7, 11) is 0. The molecule has 40 valence electrons. The lowest BCUT2D eigenvalue weighted by atomic mass is 10.7. The molecule has 1 aliphatic heterocycles. The molecular weight excluding hydrogens is 100 g/mol. The molecule has 0 unspecified atom stereocenters. The van der Waals surface area contributed by atoms with Crippen LogP contribution in [-0.4, -0.2) is 12.4 Å². The number of rotatable bonds is 2. The minimum Gasteiger partial charge on any atom is -0.407 e. The molecule has 4 nitrogen and oxygen atoms in total. The van der Waals surface area contributed by atoms with E-state index >= 15 is 0 Å². The number of carbonyl (C=O) groups is 1. The van der Waals surface area contributed by atoms with Crippen LogP contribution in [0.1, 0.15) is 6.92 Å². The van der Waals surface area contributed by atoms with Gasteiger partial charge in [0, 0.05) is 6.92 Å². The summed E-state index contributed by atoms with van der Waals surface area (Å²) in [5, 5.41) is 0. The second-order valence-electron chi connectivity index (χ2n) is 1.24. The quantitative estimate of drug-likeness (QED) is 0.276. The normalized spacial score (nSPS) is 23.6. The van der Waals surface area contributed by atoms with Gasteiger partial charge >= 0.3 is 5.97 Å². The summed E-state index contributed by atoms with van der Waals surface area (Å²) in [6, 6.07) is 0. The maximum Gasteiger partial charge on any atom is 0.380 e. The zero-order valence-electron chi connectivity index (χ0n) is 3.71. The maximum atomic E-state index is 9.48. The third-order valence-electron chi connectivity index (χ3n) is 0.580. The Kier molecular flexibility index (Phi) is 0.765. The van der Waals surface area contributed by atoms with Gasteiger partial charge in [-0.05, 0) is 0 Å². The molecule has 0 aromatic rings. The summed E-state index contributed by atoms with van der Waals surface area (Å²) in [6.07, 6.45) is 0. The summed E-state index contributed by atoms with van der Waals surface area (Å²) in [5.41, 5.74) is 0. The largest absolute Gasteiger partial charge is 0.407 e. The molecule has 0 aliphatic carbocycles. The van der Waals surface area contributed by atoms with Gasteiger partial charge in [-0.25, -0.2) is 0 Å². The molecule has 0 N–H and O–H groups in total. The first-order chi connectivity index (χ1) is 3.27. The van der Waals surface area contributed by atoms with Gasteiger partial charge in [-0.1, -0.05) is 0 Å². The fourth-order valence-electron chi connectivity index (χ4n) is 0.185. The second kappa shape index (κ2) is 1.18. The molecule has 0 aromatic heterocycles. The van der Waals surface area contributed by atoms with E-state index in [1.165, 1.54) is 6.92 Å². The highest BCUT2D eigenvalue weighted by molar-refractivity contribution is 5.37. The SMILES string of the molecule is CC1(OC=O)OO1. The minimum atomic E-state index is -1.07. The Morgan fingerprint density at radius 3 is 2.43 bits per heavy atom. The molecule has 4 heteroatoms. The van der Waals surface area contributed by atoms with Crippen molar-refractivity contribution in [3.63, 3.8) is 0 Å². The molecule has 0 saturated carbocycles. The van der Waals surface area contributed by atoms with Gasteiger partial charge < -0.3 is 4.74 Å². The minimum absolute atomic E-state index is 0.271. The Bertz CT molecular complexity index is 84.9. The van der Waals surface area contributed by atoms with E-state index in [9.17, 15) is 4.79 Å². The van der Waals surface area contributed by atoms with Crippen molar-refractivity contribution < 1.29 is 19.3 Å². The Morgan fingerprint density at radius 2 is 2.29 bits per heavy atom. The lowest BCUT2D eigenvalue weighted by Gasteiger charge is -1.90. The van der Waals surface area contributed by atoms with Crippen LogP contribution in [0.4, 0.5) is 0 Å². The molecule has 0 spiro atoms. The molecule has 1 rings (SSSR count). The van der Waals surface area contributed by atoms with Crippen LogP contribution in [0, 0.1) is 0 Å². The molecule has 1 heterocycles. The van der Waals surface area contributed by atoms with Gasteiger partial charge in [0.1, 0.15) is 0 Å². The predicted octanol–water partition coefficient (Wildman–Crippen LogP) is -0.205. The van der Waals surface area contributed by atoms with Crippen molar-refractivity contribution in [1.82, 2.24) is 0 Å². The smallest absolute Gasteiger partial charge is 0.380 e. The van der Waals surface area contributed by atoms with Crippen LogP contribution in [-0.2, 0) is 19.3 Å².